The van der Waals surface area contributed by atoms with Crippen LogP contribution in [0.1, 0.15) is 22.9 Å². The zero-order valence-corrected chi connectivity index (χ0v) is 14.2. The minimum Gasteiger partial charge on any atom is -0.489 e. The van der Waals surface area contributed by atoms with Gasteiger partial charge in [-0.2, -0.15) is 0 Å². The molecule has 0 radical (unpaired) electrons. The summed E-state index contributed by atoms with van der Waals surface area (Å²) in [6.07, 6.45) is -0.590. The van der Waals surface area contributed by atoms with Gasteiger partial charge in [-0.3, -0.25) is 4.90 Å². The van der Waals surface area contributed by atoms with Gasteiger partial charge in [0.15, 0.2) is 5.76 Å². The second-order valence-corrected chi connectivity index (χ2v) is 6.60. The van der Waals surface area contributed by atoms with Crippen molar-refractivity contribution >= 4 is 11.6 Å². The summed E-state index contributed by atoms with van der Waals surface area (Å²) in [6, 6.07) is 7.34. The SMILES string of the molecule is Cc1ccc(Cl)c(OCC(O)CN2CC(c3cc(CO)on3)C2)c1. The normalized spacial score (nSPS) is 16.8. The van der Waals surface area contributed by atoms with Crippen molar-refractivity contribution in [3.63, 3.8) is 0 Å². The number of aryl methyl sites for hydroxylation is 1. The molecule has 1 fully saturated rings. The number of benzene rings is 1. The van der Waals surface area contributed by atoms with Gasteiger partial charge >= 0.3 is 0 Å². The summed E-state index contributed by atoms with van der Waals surface area (Å²) < 4.78 is 10.6. The van der Waals surface area contributed by atoms with Crippen LogP contribution in [0.3, 0.4) is 0 Å². The molecule has 0 amide bonds. The van der Waals surface area contributed by atoms with E-state index >= 15 is 0 Å². The highest BCUT2D eigenvalue weighted by Crippen LogP contribution is 2.27. The molecule has 0 aliphatic carbocycles. The fraction of sp³-hybridized carbons (Fsp3) is 0.471. The summed E-state index contributed by atoms with van der Waals surface area (Å²) in [6.45, 7) is 4.17. The van der Waals surface area contributed by atoms with Crippen LogP contribution in [0.5, 0.6) is 5.75 Å². The molecule has 1 unspecified atom stereocenters. The summed E-state index contributed by atoms with van der Waals surface area (Å²) in [7, 11) is 0. The van der Waals surface area contributed by atoms with Crippen LogP contribution in [0.4, 0.5) is 0 Å². The van der Waals surface area contributed by atoms with Crippen molar-refractivity contribution in [2.24, 2.45) is 0 Å². The molecule has 1 aromatic carbocycles. The lowest BCUT2D eigenvalue weighted by Gasteiger charge is -2.39. The predicted molar refractivity (Wildman–Crippen MR) is 89.3 cm³/mol. The number of hydrogen-bond donors (Lipinski definition) is 2. The third-order valence-electron chi connectivity index (χ3n) is 4.10. The molecule has 3 rings (SSSR count). The Kier molecular flexibility index (Phi) is 5.40. The lowest BCUT2D eigenvalue weighted by molar-refractivity contribution is 0.0361. The number of rotatable bonds is 7. The maximum Gasteiger partial charge on any atom is 0.162 e. The molecule has 2 heterocycles. The lowest BCUT2D eigenvalue weighted by atomic mass is 9.96. The predicted octanol–water partition coefficient (Wildman–Crippen LogP) is 1.97. The van der Waals surface area contributed by atoms with Gasteiger partial charge in [0.1, 0.15) is 25.1 Å². The van der Waals surface area contributed by atoms with E-state index in [0.717, 1.165) is 24.3 Å². The Hall–Kier alpha value is -1.60. The van der Waals surface area contributed by atoms with E-state index < -0.39 is 6.10 Å². The van der Waals surface area contributed by atoms with Crippen LogP contribution in [-0.2, 0) is 6.61 Å². The summed E-state index contributed by atoms with van der Waals surface area (Å²) in [5.74, 6) is 1.36. The summed E-state index contributed by atoms with van der Waals surface area (Å²) in [4.78, 5) is 2.13. The first-order valence-electron chi connectivity index (χ1n) is 7.91. The van der Waals surface area contributed by atoms with Crippen molar-refractivity contribution in [2.45, 2.75) is 25.6 Å². The highest BCUT2D eigenvalue weighted by atomic mass is 35.5. The molecule has 24 heavy (non-hydrogen) atoms. The molecule has 1 saturated heterocycles. The molecule has 0 bridgehead atoms. The zero-order valence-electron chi connectivity index (χ0n) is 13.5. The number of aliphatic hydroxyl groups excluding tert-OH is 2. The minimum absolute atomic E-state index is 0.138. The first kappa shape index (κ1) is 17.2. The number of aliphatic hydroxyl groups is 2. The second kappa shape index (κ2) is 7.53. The van der Waals surface area contributed by atoms with Crippen LogP contribution < -0.4 is 4.74 Å². The molecule has 0 saturated carbocycles. The fourth-order valence-corrected chi connectivity index (χ4v) is 2.93. The first-order valence-corrected chi connectivity index (χ1v) is 8.28. The van der Waals surface area contributed by atoms with Gasteiger partial charge in [0, 0.05) is 31.6 Å². The number of ether oxygens (including phenoxy) is 1. The van der Waals surface area contributed by atoms with Gasteiger partial charge in [0.05, 0.1) is 10.7 Å². The second-order valence-electron chi connectivity index (χ2n) is 6.19. The van der Waals surface area contributed by atoms with Gasteiger partial charge in [0.2, 0.25) is 0 Å². The van der Waals surface area contributed by atoms with E-state index in [9.17, 15) is 5.11 Å². The third-order valence-corrected chi connectivity index (χ3v) is 4.41. The maximum atomic E-state index is 10.1. The van der Waals surface area contributed by atoms with Crippen LogP contribution in [0, 0.1) is 6.92 Å². The van der Waals surface area contributed by atoms with Gasteiger partial charge in [-0.25, -0.2) is 0 Å². The Balaban J connectivity index is 1.42. The van der Waals surface area contributed by atoms with E-state index in [-0.39, 0.29) is 19.1 Å². The molecule has 1 atom stereocenters. The molecule has 2 N–H and O–H groups in total. The van der Waals surface area contributed by atoms with Crippen LogP contribution in [0.25, 0.3) is 0 Å². The van der Waals surface area contributed by atoms with Crippen molar-refractivity contribution in [1.82, 2.24) is 10.1 Å². The smallest absolute Gasteiger partial charge is 0.162 e. The van der Waals surface area contributed by atoms with E-state index in [2.05, 4.69) is 10.1 Å². The Bertz CT molecular complexity index is 685. The van der Waals surface area contributed by atoms with Crippen LogP contribution >= 0.6 is 11.6 Å². The topological polar surface area (TPSA) is 79.0 Å². The highest BCUT2D eigenvalue weighted by Gasteiger charge is 2.31. The Morgan fingerprint density at radius 2 is 2.21 bits per heavy atom. The van der Waals surface area contributed by atoms with Crippen molar-refractivity contribution in [2.75, 3.05) is 26.2 Å². The molecular weight excluding hydrogens is 332 g/mol. The van der Waals surface area contributed by atoms with Crippen molar-refractivity contribution in [3.05, 3.63) is 46.3 Å². The van der Waals surface area contributed by atoms with Crippen molar-refractivity contribution in [3.8, 4) is 5.75 Å². The highest BCUT2D eigenvalue weighted by molar-refractivity contribution is 6.32. The molecule has 0 spiro atoms. The molecule has 130 valence electrons. The lowest BCUT2D eigenvalue weighted by Crippen LogP contribution is -2.49. The van der Waals surface area contributed by atoms with Gasteiger partial charge in [-0.15, -0.1) is 0 Å². The molecule has 1 aliphatic rings. The molecule has 1 aliphatic heterocycles. The first-order chi connectivity index (χ1) is 11.5. The monoisotopic (exact) mass is 352 g/mol. The van der Waals surface area contributed by atoms with Crippen LogP contribution in [0.2, 0.25) is 5.02 Å². The van der Waals surface area contributed by atoms with Crippen molar-refractivity contribution in [1.29, 1.82) is 0 Å². The van der Waals surface area contributed by atoms with E-state index in [4.69, 9.17) is 26.0 Å². The van der Waals surface area contributed by atoms with Crippen LogP contribution in [-0.4, -0.2) is 52.6 Å². The third kappa shape index (κ3) is 4.08. The quantitative estimate of drug-likeness (QED) is 0.793. The molecule has 1 aromatic heterocycles. The van der Waals surface area contributed by atoms with E-state index in [1.54, 1.807) is 12.1 Å². The molecule has 2 aromatic rings. The number of hydrogen-bond acceptors (Lipinski definition) is 6. The average Bonchev–Trinajstić information content (AvgIpc) is 3.00. The van der Waals surface area contributed by atoms with Gasteiger partial charge in [0.25, 0.3) is 0 Å². The van der Waals surface area contributed by atoms with Crippen molar-refractivity contribution < 1.29 is 19.5 Å². The Morgan fingerprint density at radius 3 is 2.92 bits per heavy atom. The molecule has 7 heteroatoms. The average molecular weight is 353 g/mol. The van der Waals surface area contributed by atoms with Gasteiger partial charge in [-0.05, 0) is 24.6 Å². The maximum absolute atomic E-state index is 10.1. The number of nitrogens with zero attached hydrogens (tertiary/aromatic N) is 2. The summed E-state index contributed by atoms with van der Waals surface area (Å²) >= 11 is 6.07. The van der Waals surface area contributed by atoms with E-state index in [1.165, 1.54) is 0 Å². The van der Waals surface area contributed by atoms with E-state index in [0.29, 0.717) is 23.1 Å². The summed E-state index contributed by atoms with van der Waals surface area (Å²) in [5, 5.41) is 23.6. The number of likely N-dealkylation sites (tertiary alicyclic amines) is 1. The number of β-amino-alcohol motifs (C(OH)–C–C–N with tert-alkyl or cyclic N) is 1. The largest absolute Gasteiger partial charge is 0.489 e. The van der Waals surface area contributed by atoms with Crippen LogP contribution in [0.15, 0.2) is 28.8 Å². The standard InChI is InChI=1S/C17H21ClN2O4/c1-11-2-3-15(18)17(4-11)23-10-13(22)8-20-6-12(7-20)16-5-14(9-21)24-19-16/h2-5,12-13,21-22H,6-10H2,1H3. The number of aromatic nitrogens is 1. The zero-order chi connectivity index (χ0) is 17.1. The Morgan fingerprint density at radius 1 is 1.42 bits per heavy atom. The Labute approximate surface area is 145 Å². The van der Waals surface area contributed by atoms with E-state index in [1.807, 2.05) is 19.1 Å². The minimum atomic E-state index is -0.590. The summed E-state index contributed by atoms with van der Waals surface area (Å²) in [5.41, 5.74) is 1.91. The van der Waals surface area contributed by atoms with Gasteiger partial charge in [-0.1, -0.05) is 22.8 Å². The van der Waals surface area contributed by atoms with Gasteiger partial charge < -0.3 is 19.5 Å². The molecular formula is C17H21ClN2O4. The molecule has 6 nitrogen and oxygen atoms in total. The number of halogens is 1. The fourth-order valence-electron chi connectivity index (χ4n) is 2.76.